The van der Waals surface area contributed by atoms with Crippen LogP contribution >= 0.6 is 0 Å². The number of anilines is 1. The largest absolute Gasteiger partial charge is 0.483 e. The van der Waals surface area contributed by atoms with Gasteiger partial charge in [0.15, 0.2) is 0 Å². The molecule has 4 N–H and O–H groups in total. The zero-order valence-corrected chi connectivity index (χ0v) is 20.3. The van der Waals surface area contributed by atoms with Crippen molar-refractivity contribution in [2.45, 2.75) is 52.4 Å². The first-order chi connectivity index (χ1) is 16.6. The Kier molecular flexibility index (Phi) is 7.84. The monoisotopic (exact) mass is 476 g/mol. The molecule has 2 amide bonds. The van der Waals surface area contributed by atoms with Gasteiger partial charge in [0, 0.05) is 5.69 Å². The van der Waals surface area contributed by atoms with E-state index in [9.17, 15) is 9.59 Å². The Morgan fingerprint density at radius 2 is 1.63 bits per heavy atom. The predicted octanol–water partition coefficient (Wildman–Crippen LogP) is 4.76. The standard InChI is InChI=1S/C26H30N4O2.CH2O2/c1-25(2,3)26(24(27)32)14-12-18(13-15-26)17-8-10-19(11-9-17)29-23(31)22-16-28-20-6-4-5-7-21(20)30-22;2-1-3/h4-11,16,18H,12-15H2,1-3H3,(H2,27,32)(H,29,31);1H,(H,2,3). The number of benzene rings is 2. The number of rotatable bonds is 4. The van der Waals surface area contributed by atoms with Crippen LogP contribution in [0.1, 0.15) is 68.4 Å². The highest BCUT2D eigenvalue weighted by Crippen LogP contribution is 2.52. The normalized spacial score (nSPS) is 19.8. The minimum absolute atomic E-state index is 0.149. The smallest absolute Gasteiger partial charge is 0.290 e. The Labute approximate surface area is 205 Å². The van der Waals surface area contributed by atoms with Gasteiger partial charge in [0.1, 0.15) is 5.69 Å². The van der Waals surface area contributed by atoms with Crippen LogP contribution in [-0.4, -0.2) is 33.4 Å². The van der Waals surface area contributed by atoms with E-state index in [2.05, 4.69) is 48.2 Å². The number of nitrogens with one attached hydrogen (secondary N) is 1. The number of primary amides is 1. The molecular formula is C27H32N4O4. The molecule has 0 bridgehead atoms. The molecule has 0 spiro atoms. The number of carbonyl (C=O) groups is 3. The summed E-state index contributed by atoms with van der Waals surface area (Å²) in [7, 11) is 0. The van der Waals surface area contributed by atoms with Crippen LogP contribution in [0.15, 0.2) is 54.7 Å². The number of nitrogens with two attached hydrogens (primary N) is 1. The van der Waals surface area contributed by atoms with Crippen LogP contribution in [0.5, 0.6) is 0 Å². The minimum Gasteiger partial charge on any atom is -0.483 e. The molecule has 1 saturated carbocycles. The van der Waals surface area contributed by atoms with Crippen LogP contribution in [0.25, 0.3) is 11.0 Å². The van der Waals surface area contributed by atoms with Crippen molar-refractivity contribution in [2.75, 3.05) is 5.32 Å². The summed E-state index contributed by atoms with van der Waals surface area (Å²) in [6, 6.07) is 15.4. The first-order valence-electron chi connectivity index (χ1n) is 11.6. The van der Waals surface area contributed by atoms with Crippen molar-refractivity contribution in [1.82, 2.24) is 9.97 Å². The van der Waals surface area contributed by atoms with Crippen molar-refractivity contribution in [1.29, 1.82) is 0 Å². The Morgan fingerprint density at radius 3 is 2.17 bits per heavy atom. The summed E-state index contributed by atoms with van der Waals surface area (Å²) in [6.07, 6.45) is 4.96. The van der Waals surface area contributed by atoms with E-state index in [-0.39, 0.29) is 29.4 Å². The average Bonchev–Trinajstić information content (AvgIpc) is 2.84. The summed E-state index contributed by atoms with van der Waals surface area (Å²) in [6.45, 7) is 6.07. The molecule has 1 heterocycles. The number of amides is 2. The Morgan fingerprint density at radius 1 is 1.06 bits per heavy atom. The molecule has 35 heavy (non-hydrogen) atoms. The van der Waals surface area contributed by atoms with Gasteiger partial charge in [-0.2, -0.15) is 0 Å². The van der Waals surface area contributed by atoms with Crippen molar-refractivity contribution < 1.29 is 19.5 Å². The molecular weight excluding hydrogens is 444 g/mol. The van der Waals surface area contributed by atoms with Gasteiger partial charge in [-0.25, -0.2) is 4.98 Å². The van der Waals surface area contributed by atoms with E-state index >= 15 is 0 Å². The molecule has 1 aromatic heterocycles. The highest BCUT2D eigenvalue weighted by Gasteiger charge is 2.49. The maximum absolute atomic E-state index is 12.6. The van der Waals surface area contributed by atoms with E-state index in [1.54, 1.807) is 0 Å². The first kappa shape index (κ1) is 25.8. The molecule has 0 aliphatic heterocycles. The lowest BCUT2D eigenvalue weighted by Gasteiger charge is -2.47. The molecule has 2 aromatic carbocycles. The fraction of sp³-hybridized carbons (Fsp3) is 0.370. The number of carboxylic acid groups (broad SMARTS) is 1. The number of hydrogen-bond acceptors (Lipinski definition) is 5. The third-order valence-corrected chi connectivity index (χ3v) is 7.07. The van der Waals surface area contributed by atoms with Crippen LogP contribution in [0.2, 0.25) is 0 Å². The maximum atomic E-state index is 12.6. The van der Waals surface area contributed by atoms with Gasteiger partial charge in [-0.3, -0.25) is 19.4 Å². The number of nitrogens with zero attached hydrogens (tertiary/aromatic N) is 2. The van der Waals surface area contributed by atoms with Crippen LogP contribution in [0.4, 0.5) is 5.69 Å². The average molecular weight is 477 g/mol. The summed E-state index contributed by atoms with van der Waals surface area (Å²) in [4.78, 5) is 42.0. The van der Waals surface area contributed by atoms with Crippen molar-refractivity contribution >= 4 is 35.0 Å². The fourth-order valence-electron chi connectivity index (χ4n) is 4.91. The summed E-state index contributed by atoms with van der Waals surface area (Å²) in [5, 5.41) is 9.79. The summed E-state index contributed by atoms with van der Waals surface area (Å²) in [5.41, 5.74) is 8.90. The Bertz CT molecular complexity index is 1190. The third-order valence-electron chi connectivity index (χ3n) is 7.07. The lowest BCUT2D eigenvalue weighted by atomic mass is 9.57. The van der Waals surface area contributed by atoms with Gasteiger partial charge < -0.3 is 16.2 Å². The molecule has 3 aromatic rings. The molecule has 0 unspecified atom stereocenters. The van der Waals surface area contributed by atoms with Crippen LogP contribution in [0.3, 0.4) is 0 Å². The van der Waals surface area contributed by atoms with Crippen molar-refractivity contribution in [3.8, 4) is 0 Å². The number of fused-ring (bicyclic) bond motifs is 1. The fourth-order valence-corrected chi connectivity index (χ4v) is 4.91. The lowest BCUT2D eigenvalue weighted by Crippen LogP contribution is -2.48. The molecule has 0 radical (unpaired) electrons. The first-order valence-corrected chi connectivity index (χ1v) is 11.6. The van der Waals surface area contributed by atoms with Gasteiger partial charge in [0.25, 0.3) is 12.4 Å². The van der Waals surface area contributed by atoms with Gasteiger partial charge in [-0.15, -0.1) is 0 Å². The van der Waals surface area contributed by atoms with Crippen molar-refractivity contribution in [3.63, 3.8) is 0 Å². The molecule has 4 rings (SSSR count). The second-order valence-electron chi connectivity index (χ2n) is 9.90. The summed E-state index contributed by atoms with van der Waals surface area (Å²) < 4.78 is 0. The van der Waals surface area contributed by atoms with Crippen molar-refractivity contribution in [3.05, 3.63) is 66.0 Å². The molecule has 0 atom stereocenters. The topological polar surface area (TPSA) is 135 Å². The van der Waals surface area contributed by atoms with E-state index in [1.807, 2.05) is 36.4 Å². The third kappa shape index (κ3) is 5.65. The van der Waals surface area contributed by atoms with Gasteiger partial charge in [0.2, 0.25) is 5.91 Å². The second-order valence-corrected chi connectivity index (χ2v) is 9.90. The highest BCUT2D eigenvalue weighted by molar-refractivity contribution is 6.03. The number of hydrogen-bond donors (Lipinski definition) is 3. The lowest BCUT2D eigenvalue weighted by molar-refractivity contribution is -0.137. The predicted molar refractivity (Wildman–Crippen MR) is 135 cm³/mol. The quantitative estimate of drug-likeness (QED) is 0.465. The summed E-state index contributed by atoms with van der Waals surface area (Å²) in [5.74, 6) is -0.0793. The Balaban J connectivity index is 0.00000108. The van der Waals surface area contributed by atoms with Gasteiger partial charge in [0.05, 0.1) is 22.6 Å². The highest BCUT2D eigenvalue weighted by atomic mass is 16.3. The van der Waals surface area contributed by atoms with E-state index in [0.717, 1.165) is 31.2 Å². The second kappa shape index (κ2) is 10.6. The number of para-hydroxylation sites is 2. The van der Waals surface area contributed by atoms with E-state index < -0.39 is 5.41 Å². The van der Waals surface area contributed by atoms with Crippen LogP contribution < -0.4 is 11.1 Å². The molecule has 1 aliphatic rings. The van der Waals surface area contributed by atoms with E-state index in [1.165, 1.54) is 11.8 Å². The van der Waals surface area contributed by atoms with Gasteiger partial charge >= 0.3 is 0 Å². The zero-order valence-electron chi connectivity index (χ0n) is 20.3. The SMILES string of the molecule is CC(C)(C)C1(C(N)=O)CCC(c2ccc(NC(=O)c3cnc4ccccc4n3)cc2)CC1.O=CO. The number of aromatic nitrogens is 2. The molecule has 8 nitrogen and oxygen atoms in total. The number of carbonyl (C=O) groups excluding carboxylic acids is 2. The minimum atomic E-state index is -0.446. The van der Waals surface area contributed by atoms with Crippen LogP contribution in [-0.2, 0) is 9.59 Å². The van der Waals surface area contributed by atoms with Gasteiger partial charge in [-0.1, -0.05) is 45.0 Å². The summed E-state index contributed by atoms with van der Waals surface area (Å²) >= 11 is 0. The van der Waals surface area contributed by atoms with E-state index in [4.69, 9.17) is 15.6 Å². The zero-order chi connectivity index (χ0) is 25.6. The molecule has 1 aliphatic carbocycles. The van der Waals surface area contributed by atoms with Gasteiger partial charge in [-0.05, 0) is 66.8 Å². The van der Waals surface area contributed by atoms with Crippen LogP contribution in [0, 0.1) is 10.8 Å². The molecule has 8 heteroatoms. The maximum Gasteiger partial charge on any atom is 0.290 e. The molecule has 0 saturated heterocycles. The molecule has 1 fully saturated rings. The van der Waals surface area contributed by atoms with Crippen molar-refractivity contribution in [2.24, 2.45) is 16.6 Å². The van der Waals surface area contributed by atoms with E-state index in [0.29, 0.717) is 17.1 Å². The molecule has 184 valence electrons. The Hall–Kier alpha value is -3.81.